The van der Waals surface area contributed by atoms with Crippen LogP contribution in [0.3, 0.4) is 0 Å². The number of nitro benzene ring substituents is 1. The van der Waals surface area contributed by atoms with Crippen LogP contribution in [0.25, 0.3) is 0 Å². The zero-order valence-corrected chi connectivity index (χ0v) is 9.72. The molecule has 1 aromatic rings. The molecule has 1 N–H and O–H groups in total. The Morgan fingerprint density at radius 2 is 2.29 bits per heavy atom. The molecule has 0 spiro atoms. The van der Waals surface area contributed by atoms with E-state index in [-0.39, 0.29) is 5.69 Å². The van der Waals surface area contributed by atoms with Crippen LogP contribution in [0.4, 0.5) is 11.4 Å². The summed E-state index contributed by atoms with van der Waals surface area (Å²) in [7, 11) is 0. The molecule has 0 heterocycles. The van der Waals surface area contributed by atoms with Gasteiger partial charge in [-0.2, -0.15) is 5.10 Å². The van der Waals surface area contributed by atoms with E-state index in [1.807, 2.05) is 13.0 Å². The molecule has 0 aliphatic heterocycles. The molecule has 0 saturated heterocycles. The topological polar surface area (TPSA) is 67.5 Å². The normalized spacial score (nSPS) is 11.0. The molecule has 0 aromatic heterocycles. The predicted octanol–water partition coefficient (Wildman–Crippen LogP) is 3.35. The lowest BCUT2D eigenvalue weighted by Gasteiger charge is -2.03. The molecule has 0 radical (unpaired) electrons. The van der Waals surface area contributed by atoms with Crippen LogP contribution in [0, 0.1) is 10.1 Å². The van der Waals surface area contributed by atoms with Crippen LogP contribution < -0.4 is 5.43 Å². The quantitative estimate of drug-likeness (QED) is 0.354. The van der Waals surface area contributed by atoms with E-state index in [9.17, 15) is 10.1 Å². The van der Waals surface area contributed by atoms with Crippen molar-refractivity contribution in [2.24, 2.45) is 5.10 Å². The average molecular weight is 233 g/mol. The van der Waals surface area contributed by atoms with Crippen LogP contribution in [-0.2, 0) is 0 Å². The van der Waals surface area contributed by atoms with Crippen LogP contribution in [0.2, 0.25) is 0 Å². The van der Waals surface area contributed by atoms with Crippen molar-refractivity contribution in [3.8, 4) is 0 Å². The highest BCUT2D eigenvalue weighted by Gasteiger charge is 2.11. The molecule has 5 nitrogen and oxygen atoms in total. The number of nitrogens with one attached hydrogen (secondary N) is 1. The largest absolute Gasteiger partial charge is 0.294 e. The summed E-state index contributed by atoms with van der Waals surface area (Å²) in [4.78, 5) is 10.3. The fourth-order valence-electron chi connectivity index (χ4n) is 1.25. The smallest absolute Gasteiger partial charge is 0.272 e. The molecular weight excluding hydrogens is 218 g/mol. The second-order valence-electron chi connectivity index (χ2n) is 3.56. The number of nitrogens with zero attached hydrogens (tertiary/aromatic N) is 2. The summed E-state index contributed by atoms with van der Waals surface area (Å²) in [5, 5.41) is 14.8. The predicted molar refractivity (Wildman–Crippen MR) is 69.3 cm³/mol. The van der Waals surface area contributed by atoms with Gasteiger partial charge < -0.3 is 0 Å². The van der Waals surface area contributed by atoms with E-state index in [1.165, 1.54) is 6.07 Å². The highest BCUT2D eigenvalue weighted by Crippen LogP contribution is 2.22. The lowest BCUT2D eigenvalue weighted by Crippen LogP contribution is -2.00. The van der Waals surface area contributed by atoms with Crippen molar-refractivity contribution in [1.29, 1.82) is 0 Å². The molecule has 0 atom stereocenters. The number of hydrogen-bond donors (Lipinski definition) is 1. The van der Waals surface area contributed by atoms with Crippen molar-refractivity contribution in [1.82, 2.24) is 0 Å². The molecule has 0 amide bonds. The van der Waals surface area contributed by atoms with Gasteiger partial charge in [0.15, 0.2) is 0 Å². The molecule has 0 aliphatic carbocycles. The highest BCUT2D eigenvalue weighted by molar-refractivity contribution is 5.83. The third-order valence-corrected chi connectivity index (χ3v) is 2.18. The Kier molecular flexibility index (Phi) is 4.87. The van der Waals surface area contributed by atoms with E-state index >= 15 is 0 Å². The van der Waals surface area contributed by atoms with Crippen molar-refractivity contribution in [2.75, 3.05) is 5.43 Å². The molecule has 1 aromatic carbocycles. The van der Waals surface area contributed by atoms with Crippen LogP contribution in [0.15, 0.2) is 42.0 Å². The van der Waals surface area contributed by atoms with Gasteiger partial charge >= 0.3 is 0 Å². The van der Waals surface area contributed by atoms with Gasteiger partial charge in [0.05, 0.1) is 4.92 Å². The van der Waals surface area contributed by atoms with E-state index in [4.69, 9.17) is 0 Å². The van der Waals surface area contributed by atoms with Crippen molar-refractivity contribution in [3.63, 3.8) is 0 Å². The Morgan fingerprint density at radius 1 is 1.59 bits per heavy atom. The number of anilines is 1. The second-order valence-corrected chi connectivity index (χ2v) is 3.56. The van der Waals surface area contributed by atoms with Crippen molar-refractivity contribution in [2.45, 2.75) is 19.8 Å². The summed E-state index contributed by atoms with van der Waals surface area (Å²) < 4.78 is 0. The number of rotatable bonds is 6. The molecule has 17 heavy (non-hydrogen) atoms. The molecule has 90 valence electrons. The van der Waals surface area contributed by atoms with E-state index in [1.54, 1.807) is 18.2 Å². The van der Waals surface area contributed by atoms with Gasteiger partial charge in [0.2, 0.25) is 0 Å². The van der Waals surface area contributed by atoms with Gasteiger partial charge in [-0.15, -0.1) is 6.58 Å². The molecule has 0 bridgehead atoms. The van der Waals surface area contributed by atoms with Crippen LogP contribution in [0.5, 0.6) is 0 Å². The van der Waals surface area contributed by atoms with Crippen LogP contribution >= 0.6 is 0 Å². The van der Waals surface area contributed by atoms with Gasteiger partial charge in [-0.3, -0.25) is 15.5 Å². The van der Waals surface area contributed by atoms with E-state index < -0.39 is 4.92 Å². The Labute approximate surface area is 100.0 Å². The van der Waals surface area contributed by atoms with Gasteiger partial charge in [0.25, 0.3) is 5.69 Å². The minimum Gasteiger partial charge on any atom is -0.272 e. The molecule has 1 rings (SSSR count). The maximum absolute atomic E-state index is 10.7. The first-order valence-corrected chi connectivity index (χ1v) is 5.28. The van der Waals surface area contributed by atoms with Crippen molar-refractivity contribution < 1.29 is 4.92 Å². The fourth-order valence-corrected chi connectivity index (χ4v) is 1.25. The summed E-state index contributed by atoms with van der Waals surface area (Å²) in [6.07, 6.45) is 3.44. The SMILES string of the molecule is C=CCCC(C)=NNc1ccccc1[N+](=O)[O-]. The number of hydrazone groups is 1. The highest BCUT2D eigenvalue weighted by atomic mass is 16.6. The number of nitro groups is 1. The molecule has 0 unspecified atom stereocenters. The first kappa shape index (κ1) is 12.9. The second kappa shape index (κ2) is 6.42. The van der Waals surface area contributed by atoms with E-state index in [0.29, 0.717) is 5.69 Å². The fraction of sp³-hybridized carbons (Fsp3) is 0.250. The van der Waals surface area contributed by atoms with Gasteiger partial charge in [-0.1, -0.05) is 18.2 Å². The Morgan fingerprint density at radius 3 is 2.94 bits per heavy atom. The van der Waals surface area contributed by atoms with E-state index in [0.717, 1.165) is 18.6 Å². The third-order valence-electron chi connectivity index (χ3n) is 2.18. The van der Waals surface area contributed by atoms with Crippen molar-refractivity contribution in [3.05, 3.63) is 47.0 Å². The van der Waals surface area contributed by atoms with Gasteiger partial charge in [0, 0.05) is 11.8 Å². The summed E-state index contributed by atoms with van der Waals surface area (Å²) in [6, 6.07) is 6.42. The van der Waals surface area contributed by atoms with E-state index in [2.05, 4.69) is 17.1 Å². The van der Waals surface area contributed by atoms with Crippen LogP contribution in [-0.4, -0.2) is 10.6 Å². The first-order valence-electron chi connectivity index (χ1n) is 5.28. The molecule has 0 aliphatic rings. The molecule has 0 saturated carbocycles. The summed E-state index contributed by atoms with van der Waals surface area (Å²) in [5.41, 5.74) is 4.01. The maximum Gasteiger partial charge on any atom is 0.294 e. The van der Waals surface area contributed by atoms with Crippen molar-refractivity contribution >= 4 is 17.1 Å². The summed E-state index contributed by atoms with van der Waals surface area (Å²) >= 11 is 0. The minimum atomic E-state index is -0.434. The third kappa shape index (κ3) is 4.06. The zero-order valence-electron chi connectivity index (χ0n) is 9.72. The number of allylic oxidation sites excluding steroid dienone is 1. The zero-order chi connectivity index (χ0) is 12.7. The lowest BCUT2D eigenvalue weighted by atomic mass is 10.2. The lowest BCUT2D eigenvalue weighted by molar-refractivity contribution is -0.384. The maximum atomic E-state index is 10.7. The Hall–Kier alpha value is -2.17. The Bertz CT molecular complexity index is 441. The number of hydrogen-bond acceptors (Lipinski definition) is 4. The summed E-state index contributed by atoms with van der Waals surface area (Å²) in [6.45, 7) is 5.49. The summed E-state index contributed by atoms with van der Waals surface area (Å²) in [5.74, 6) is 0. The Balaban J connectivity index is 2.74. The standard InChI is InChI=1S/C12H15N3O2/c1-3-4-7-10(2)13-14-11-8-5-6-9-12(11)15(16)17/h3,5-6,8-9,14H,1,4,7H2,2H3. The number of para-hydroxylation sites is 2. The number of benzene rings is 1. The molecule has 0 fully saturated rings. The minimum absolute atomic E-state index is 0.0211. The molecular formula is C12H15N3O2. The first-order chi connectivity index (χ1) is 8.15. The molecule has 5 heteroatoms. The van der Waals surface area contributed by atoms with Gasteiger partial charge in [-0.05, 0) is 25.8 Å². The van der Waals surface area contributed by atoms with Gasteiger partial charge in [0.1, 0.15) is 5.69 Å². The average Bonchev–Trinajstić information content (AvgIpc) is 2.34. The van der Waals surface area contributed by atoms with Gasteiger partial charge in [-0.25, -0.2) is 0 Å². The monoisotopic (exact) mass is 233 g/mol. The van der Waals surface area contributed by atoms with Crippen LogP contribution in [0.1, 0.15) is 19.8 Å².